The van der Waals surface area contributed by atoms with Crippen molar-refractivity contribution in [3.63, 3.8) is 0 Å². The lowest BCUT2D eigenvalue weighted by molar-refractivity contribution is 0.263. The Kier molecular flexibility index (Phi) is 6.53. The first-order valence-corrected chi connectivity index (χ1v) is 7.53. The van der Waals surface area contributed by atoms with Crippen LogP contribution in [0, 0.1) is 13.8 Å². The van der Waals surface area contributed by atoms with Crippen LogP contribution < -0.4 is 5.32 Å². The van der Waals surface area contributed by atoms with Crippen molar-refractivity contribution in [1.82, 2.24) is 10.2 Å². The zero-order chi connectivity index (χ0) is 14.4. The van der Waals surface area contributed by atoms with Crippen molar-refractivity contribution in [2.24, 2.45) is 0 Å². The van der Waals surface area contributed by atoms with Gasteiger partial charge in [-0.1, -0.05) is 37.6 Å². The van der Waals surface area contributed by atoms with Crippen LogP contribution in [-0.2, 0) is 0 Å². The van der Waals surface area contributed by atoms with E-state index in [1.165, 1.54) is 16.7 Å². The Labute approximate surface area is 119 Å². The third-order valence-corrected chi connectivity index (χ3v) is 3.86. The molecule has 0 radical (unpaired) electrons. The topological polar surface area (TPSA) is 15.3 Å². The standard InChI is InChI=1S/C17H30N2/c1-7-19(8-2)12-15(5)18-16(6)17-11-13(3)9-10-14(17)4/h9-11,15-16,18H,7-8,12H2,1-6H3. The average Bonchev–Trinajstić information content (AvgIpc) is 2.38. The Morgan fingerprint density at radius 2 is 1.74 bits per heavy atom. The second-order valence-corrected chi connectivity index (χ2v) is 5.64. The van der Waals surface area contributed by atoms with Crippen molar-refractivity contribution < 1.29 is 0 Å². The highest BCUT2D eigenvalue weighted by Gasteiger charge is 2.13. The number of hydrogen-bond donors (Lipinski definition) is 1. The summed E-state index contributed by atoms with van der Waals surface area (Å²) >= 11 is 0. The van der Waals surface area contributed by atoms with Crippen molar-refractivity contribution in [2.75, 3.05) is 19.6 Å². The van der Waals surface area contributed by atoms with Gasteiger partial charge in [0.15, 0.2) is 0 Å². The van der Waals surface area contributed by atoms with Crippen LogP contribution >= 0.6 is 0 Å². The zero-order valence-electron chi connectivity index (χ0n) is 13.5. The maximum atomic E-state index is 3.72. The molecule has 0 aliphatic heterocycles. The Morgan fingerprint density at radius 3 is 2.32 bits per heavy atom. The fourth-order valence-corrected chi connectivity index (χ4v) is 2.66. The molecule has 0 aromatic heterocycles. The highest BCUT2D eigenvalue weighted by Crippen LogP contribution is 2.19. The van der Waals surface area contributed by atoms with Crippen molar-refractivity contribution in [3.05, 3.63) is 34.9 Å². The Bertz CT molecular complexity index is 383. The first-order valence-electron chi connectivity index (χ1n) is 7.53. The van der Waals surface area contributed by atoms with Crippen LogP contribution in [0.3, 0.4) is 0 Å². The van der Waals surface area contributed by atoms with E-state index in [2.05, 4.69) is 70.0 Å². The number of nitrogens with one attached hydrogen (secondary N) is 1. The molecule has 0 aliphatic rings. The molecule has 2 atom stereocenters. The summed E-state index contributed by atoms with van der Waals surface area (Å²) in [4.78, 5) is 2.47. The predicted molar refractivity (Wildman–Crippen MR) is 84.7 cm³/mol. The maximum Gasteiger partial charge on any atom is 0.0297 e. The molecule has 1 aromatic rings. The van der Waals surface area contributed by atoms with Crippen LogP contribution in [0.15, 0.2) is 18.2 Å². The van der Waals surface area contributed by atoms with E-state index >= 15 is 0 Å². The lowest BCUT2D eigenvalue weighted by Gasteiger charge is -2.27. The molecule has 108 valence electrons. The SMILES string of the molecule is CCN(CC)CC(C)NC(C)c1cc(C)ccc1C. The summed E-state index contributed by atoms with van der Waals surface area (Å²) in [6.45, 7) is 16.7. The largest absolute Gasteiger partial charge is 0.306 e. The van der Waals surface area contributed by atoms with E-state index in [0.717, 1.165) is 19.6 Å². The van der Waals surface area contributed by atoms with Gasteiger partial charge in [0.25, 0.3) is 0 Å². The summed E-state index contributed by atoms with van der Waals surface area (Å²) < 4.78 is 0. The second kappa shape index (κ2) is 7.66. The molecule has 2 nitrogen and oxygen atoms in total. The fraction of sp³-hybridized carbons (Fsp3) is 0.647. The number of aryl methyl sites for hydroxylation is 2. The Morgan fingerprint density at radius 1 is 1.11 bits per heavy atom. The molecule has 0 spiro atoms. The van der Waals surface area contributed by atoms with E-state index in [-0.39, 0.29) is 0 Å². The molecular weight excluding hydrogens is 232 g/mol. The van der Waals surface area contributed by atoms with Crippen molar-refractivity contribution in [2.45, 2.75) is 53.6 Å². The van der Waals surface area contributed by atoms with Crippen LogP contribution in [0.5, 0.6) is 0 Å². The summed E-state index contributed by atoms with van der Waals surface area (Å²) in [5.74, 6) is 0. The van der Waals surface area contributed by atoms with Crippen LogP contribution in [-0.4, -0.2) is 30.6 Å². The highest BCUT2D eigenvalue weighted by atomic mass is 15.1. The predicted octanol–water partition coefficient (Wildman–Crippen LogP) is 3.68. The third kappa shape index (κ3) is 4.96. The van der Waals surface area contributed by atoms with E-state index in [9.17, 15) is 0 Å². The van der Waals surface area contributed by atoms with Crippen LogP contribution in [0.2, 0.25) is 0 Å². The average molecular weight is 262 g/mol. The van der Waals surface area contributed by atoms with Gasteiger partial charge in [-0.3, -0.25) is 0 Å². The molecule has 0 heterocycles. The third-order valence-electron chi connectivity index (χ3n) is 3.86. The van der Waals surface area contributed by atoms with Gasteiger partial charge in [0, 0.05) is 18.6 Å². The van der Waals surface area contributed by atoms with Gasteiger partial charge >= 0.3 is 0 Å². The summed E-state index contributed by atoms with van der Waals surface area (Å²) in [6, 6.07) is 7.63. The normalized spacial score (nSPS) is 14.7. The second-order valence-electron chi connectivity index (χ2n) is 5.64. The quantitative estimate of drug-likeness (QED) is 0.806. The lowest BCUT2D eigenvalue weighted by atomic mass is 9.99. The van der Waals surface area contributed by atoms with E-state index < -0.39 is 0 Å². The van der Waals surface area contributed by atoms with Gasteiger partial charge in [0.1, 0.15) is 0 Å². The Balaban J connectivity index is 2.63. The van der Waals surface area contributed by atoms with Gasteiger partial charge in [0.05, 0.1) is 0 Å². The molecule has 0 saturated carbocycles. The lowest BCUT2D eigenvalue weighted by Crippen LogP contribution is -2.40. The first-order chi connectivity index (χ1) is 8.97. The van der Waals surface area contributed by atoms with Gasteiger partial charge in [-0.25, -0.2) is 0 Å². The van der Waals surface area contributed by atoms with E-state index in [1.54, 1.807) is 0 Å². The molecule has 1 aromatic carbocycles. The van der Waals surface area contributed by atoms with E-state index in [0.29, 0.717) is 12.1 Å². The van der Waals surface area contributed by atoms with Gasteiger partial charge in [-0.2, -0.15) is 0 Å². The Hall–Kier alpha value is -0.860. The molecule has 0 amide bonds. The summed E-state index contributed by atoms with van der Waals surface area (Å²) in [5.41, 5.74) is 4.14. The molecule has 2 heteroatoms. The number of hydrogen-bond acceptors (Lipinski definition) is 2. The van der Waals surface area contributed by atoms with E-state index in [1.807, 2.05) is 0 Å². The minimum Gasteiger partial charge on any atom is -0.306 e. The molecule has 0 fully saturated rings. The molecule has 1 rings (SSSR count). The van der Waals surface area contributed by atoms with Gasteiger partial charge in [0.2, 0.25) is 0 Å². The molecule has 0 aliphatic carbocycles. The fourth-order valence-electron chi connectivity index (χ4n) is 2.66. The van der Waals surface area contributed by atoms with Crippen LogP contribution in [0.25, 0.3) is 0 Å². The number of nitrogens with zero attached hydrogens (tertiary/aromatic N) is 1. The van der Waals surface area contributed by atoms with E-state index in [4.69, 9.17) is 0 Å². The number of likely N-dealkylation sites (N-methyl/N-ethyl adjacent to an activating group) is 1. The highest BCUT2D eigenvalue weighted by molar-refractivity contribution is 5.32. The smallest absolute Gasteiger partial charge is 0.0297 e. The molecular formula is C17H30N2. The number of benzene rings is 1. The van der Waals surface area contributed by atoms with Crippen molar-refractivity contribution in [3.8, 4) is 0 Å². The molecule has 19 heavy (non-hydrogen) atoms. The van der Waals surface area contributed by atoms with Crippen LogP contribution in [0.1, 0.15) is 50.4 Å². The number of rotatable bonds is 7. The summed E-state index contributed by atoms with van der Waals surface area (Å²) in [7, 11) is 0. The molecule has 0 saturated heterocycles. The molecule has 0 bridgehead atoms. The summed E-state index contributed by atoms with van der Waals surface area (Å²) in [6.07, 6.45) is 0. The van der Waals surface area contributed by atoms with Crippen molar-refractivity contribution in [1.29, 1.82) is 0 Å². The molecule has 2 unspecified atom stereocenters. The maximum absolute atomic E-state index is 3.72. The van der Waals surface area contributed by atoms with Gasteiger partial charge < -0.3 is 10.2 Å². The van der Waals surface area contributed by atoms with Crippen molar-refractivity contribution >= 4 is 0 Å². The minimum atomic E-state index is 0.408. The molecule has 1 N–H and O–H groups in total. The monoisotopic (exact) mass is 262 g/mol. The summed E-state index contributed by atoms with van der Waals surface area (Å²) in [5, 5.41) is 3.72. The van der Waals surface area contributed by atoms with Crippen LogP contribution in [0.4, 0.5) is 0 Å². The first kappa shape index (κ1) is 16.2. The zero-order valence-corrected chi connectivity index (χ0v) is 13.5. The van der Waals surface area contributed by atoms with Gasteiger partial charge in [-0.15, -0.1) is 0 Å². The van der Waals surface area contributed by atoms with Gasteiger partial charge in [-0.05, 0) is 51.9 Å². The minimum absolute atomic E-state index is 0.408.